The average molecular weight is 404 g/mol. The Balaban J connectivity index is 2.25. The number of carbonyl (C=O) groups is 1. The fraction of sp³-hybridized carbons (Fsp3) is 0.357. The van der Waals surface area contributed by atoms with Crippen LogP contribution in [-0.2, 0) is 0 Å². The maximum Gasteiger partial charge on any atom is 0.253 e. The predicted octanol–water partition coefficient (Wildman–Crippen LogP) is 3.58. The highest BCUT2D eigenvalue weighted by Gasteiger charge is 2.20. The second-order valence-electron chi connectivity index (χ2n) is 5.05. The van der Waals surface area contributed by atoms with Gasteiger partial charge in [-0.05, 0) is 57.3 Å². The van der Waals surface area contributed by atoms with Crippen molar-refractivity contribution in [2.75, 3.05) is 6.54 Å². The molecule has 3 N–H and O–H groups in total. The Bertz CT molecular complexity index is 650. The first-order chi connectivity index (χ1) is 9.34. The summed E-state index contributed by atoms with van der Waals surface area (Å²) in [5, 5.41) is 13.5. The number of fused-ring (bicyclic) bond motifs is 1. The van der Waals surface area contributed by atoms with E-state index in [2.05, 4.69) is 42.2 Å². The van der Waals surface area contributed by atoms with Crippen LogP contribution in [0.15, 0.2) is 27.3 Å². The van der Waals surface area contributed by atoms with E-state index >= 15 is 0 Å². The van der Waals surface area contributed by atoms with Gasteiger partial charge in [-0.2, -0.15) is 0 Å². The highest BCUT2D eigenvalue weighted by atomic mass is 79.9. The Morgan fingerprint density at radius 2 is 2.05 bits per heavy atom. The number of aromatic amines is 1. The third-order valence-corrected chi connectivity index (χ3v) is 5.20. The third kappa shape index (κ3) is 3.24. The van der Waals surface area contributed by atoms with E-state index in [1.807, 2.05) is 19.1 Å². The molecule has 108 valence electrons. The van der Waals surface area contributed by atoms with E-state index in [-0.39, 0.29) is 12.5 Å². The minimum absolute atomic E-state index is 0.195. The summed E-state index contributed by atoms with van der Waals surface area (Å²) in [7, 11) is 0. The molecule has 1 atom stereocenters. The number of halogens is 2. The summed E-state index contributed by atoms with van der Waals surface area (Å²) in [6.07, 6.45) is 2.26. The summed E-state index contributed by atoms with van der Waals surface area (Å²) in [5.74, 6) is -0.195. The average Bonchev–Trinajstić information content (AvgIpc) is 2.79. The zero-order valence-corrected chi connectivity index (χ0v) is 14.4. The summed E-state index contributed by atoms with van der Waals surface area (Å²) in [5.41, 5.74) is 0.568. The van der Waals surface area contributed by atoms with Crippen LogP contribution in [0.3, 0.4) is 0 Å². The molecule has 4 nitrogen and oxygen atoms in total. The number of aliphatic hydroxyl groups is 1. The molecule has 1 heterocycles. The molecule has 1 amide bonds. The maximum atomic E-state index is 12.2. The number of H-pyrrole nitrogens is 1. The van der Waals surface area contributed by atoms with Gasteiger partial charge in [-0.3, -0.25) is 4.79 Å². The molecule has 1 aromatic heterocycles. The second-order valence-corrected chi connectivity index (χ2v) is 6.76. The van der Waals surface area contributed by atoms with Gasteiger partial charge in [0.2, 0.25) is 0 Å². The lowest BCUT2D eigenvalue weighted by Crippen LogP contribution is -2.40. The Morgan fingerprint density at radius 1 is 1.40 bits per heavy atom. The van der Waals surface area contributed by atoms with Crippen molar-refractivity contribution in [3.05, 3.63) is 32.8 Å². The van der Waals surface area contributed by atoms with Gasteiger partial charge in [-0.1, -0.05) is 6.92 Å². The van der Waals surface area contributed by atoms with Crippen molar-refractivity contribution < 1.29 is 9.90 Å². The van der Waals surface area contributed by atoms with Gasteiger partial charge in [0, 0.05) is 32.6 Å². The number of nitrogens with one attached hydrogen (secondary N) is 2. The molecule has 0 saturated heterocycles. The van der Waals surface area contributed by atoms with Gasteiger partial charge in [-0.15, -0.1) is 0 Å². The SMILES string of the molecule is CCC(C)(O)CNC(=O)c1c[nH]c2cc(Br)c(Br)cc12. The molecule has 0 radical (unpaired) electrons. The minimum Gasteiger partial charge on any atom is -0.388 e. The van der Waals surface area contributed by atoms with Crippen molar-refractivity contribution in [3.63, 3.8) is 0 Å². The fourth-order valence-electron chi connectivity index (χ4n) is 1.80. The smallest absolute Gasteiger partial charge is 0.253 e. The first kappa shape index (κ1) is 15.5. The molecular weight excluding hydrogens is 388 g/mol. The number of hydrogen-bond donors (Lipinski definition) is 3. The highest BCUT2D eigenvalue weighted by molar-refractivity contribution is 9.13. The van der Waals surface area contributed by atoms with Crippen LogP contribution in [0.5, 0.6) is 0 Å². The van der Waals surface area contributed by atoms with Crippen LogP contribution < -0.4 is 5.32 Å². The molecule has 2 aromatic rings. The second kappa shape index (κ2) is 5.87. The monoisotopic (exact) mass is 402 g/mol. The number of hydrogen-bond acceptors (Lipinski definition) is 2. The molecule has 0 saturated carbocycles. The quantitative estimate of drug-likeness (QED) is 0.730. The predicted molar refractivity (Wildman–Crippen MR) is 86.9 cm³/mol. The van der Waals surface area contributed by atoms with Crippen molar-refractivity contribution in [1.82, 2.24) is 10.3 Å². The number of amides is 1. The van der Waals surface area contributed by atoms with E-state index in [0.717, 1.165) is 19.8 Å². The zero-order valence-electron chi connectivity index (χ0n) is 11.3. The molecule has 6 heteroatoms. The standard InChI is InChI=1S/C14H16Br2N2O2/c1-3-14(2,20)7-18-13(19)9-6-17-12-5-11(16)10(15)4-8(9)12/h4-6,17,20H,3,7H2,1-2H3,(H,18,19). The number of carbonyl (C=O) groups excluding carboxylic acids is 1. The van der Waals surface area contributed by atoms with E-state index in [1.54, 1.807) is 13.1 Å². The van der Waals surface area contributed by atoms with Crippen LogP contribution in [-0.4, -0.2) is 28.1 Å². The molecule has 0 aliphatic carbocycles. The topological polar surface area (TPSA) is 65.1 Å². The lowest BCUT2D eigenvalue weighted by molar-refractivity contribution is 0.0519. The summed E-state index contributed by atoms with van der Waals surface area (Å²) in [6.45, 7) is 3.81. The van der Waals surface area contributed by atoms with Gasteiger partial charge in [0.15, 0.2) is 0 Å². The Labute approximate surface area is 134 Å². The molecular formula is C14H16Br2N2O2. The van der Waals surface area contributed by atoms with Crippen molar-refractivity contribution >= 4 is 48.7 Å². The van der Waals surface area contributed by atoms with E-state index in [0.29, 0.717) is 12.0 Å². The van der Waals surface area contributed by atoms with Gasteiger partial charge in [0.05, 0.1) is 11.2 Å². The third-order valence-electron chi connectivity index (χ3n) is 3.36. The summed E-state index contributed by atoms with van der Waals surface area (Å²) in [4.78, 5) is 15.3. The zero-order chi connectivity index (χ0) is 14.9. The first-order valence-electron chi connectivity index (χ1n) is 6.31. The number of rotatable bonds is 4. The molecule has 0 fully saturated rings. The van der Waals surface area contributed by atoms with Gasteiger partial charge in [-0.25, -0.2) is 0 Å². The Kier molecular flexibility index (Phi) is 4.56. The van der Waals surface area contributed by atoms with Gasteiger partial charge in [0.25, 0.3) is 5.91 Å². The van der Waals surface area contributed by atoms with Crippen molar-refractivity contribution in [1.29, 1.82) is 0 Å². The number of aromatic nitrogens is 1. The molecule has 20 heavy (non-hydrogen) atoms. The van der Waals surface area contributed by atoms with Gasteiger partial charge >= 0.3 is 0 Å². The summed E-state index contributed by atoms with van der Waals surface area (Å²) in [6, 6.07) is 3.81. The molecule has 1 unspecified atom stereocenters. The minimum atomic E-state index is -0.884. The summed E-state index contributed by atoms with van der Waals surface area (Å²) < 4.78 is 1.81. The van der Waals surface area contributed by atoms with Crippen LogP contribution in [0.1, 0.15) is 30.6 Å². The Morgan fingerprint density at radius 3 is 2.70 bits per heavy atom. The van der Waals surface area contributed by atoms with Gasteiger partial charge in [0.1, 0.15) is 0 Å². The van der Waals surface area contributed by atoms with Crippen molar-refractivity contribution in [3.8, 4) is 0 Å². The van der Waals surface area contributed by atoms with Crippen LogP contribution in [0.4, 0.5) is 0 Å². The largest absolute Gasteiger partial charge is 0.388 e. The Hall–Kier alpha value is -0.850. The van der Waals surface area contributed by atoms with E-state index < -0.39 is 5.60 Å². The summed E-state index contributed by atoms with van der Waals surface area (Å²) >= 11 is 6.86. The van der Waals surface area contributed by atoms with Gasteiger partial charge < -0.3 is 15.4 Å². The van der Waals surface area contributed by atoms with Crippen LogP contribution in [0.2, 0.25) is 0 Å². The molecule has 0 aliphatic rings. The molecule has 1 aromatic carbocycles. The first-order valence-corrected chi connectivity index (χ1v) is 7.89. The fourth-order valence-corrected chi connectivity index (χ4v) is 2.48. The lowest BCUT2D eigenvalue weighted by Gasteiger charge is -2.21. The van der Waals surface area contributed by atoms with Crippen molar-refractivity contribution in [2.45, 2.75) is 25.9 Å². The van der Waals surface area contributed by atoms with E-state index in [4.69, 9.17) is 0 Å². The van der Waals surface area contributed by atoms with Crippen LogP contribution >= 0.6 is 31.9 Å². The van der Waals surface area contributed by atoms with Crippen LogP contribution in [0.25, 0.3) is 10.9 Å². The van der Waals surface area contributed by atoms with Crippen LogP contribution in [0, 0.1) is 0 Å². The molecule has 2 rings (SSSR count). The van der Waals surface area contributed by atoms with Crippen molar-refractivity contribution in [2.24, 2.45) is 0 Å². The molecule has 0 spiro atoms. The number of benzene rings is 1. The maximum absolute atomic E-state index is 12.2. The molecule has 0 bridgehead atoms. The lowest BCUT2D eigenvalue weighted by atomic mass is 10.0. The molecule has 0 aliphatic heterocycles. The van der Waals surface area contributed by atoms with E-state index in [1.165, 1.54) is 0 Å². The normalized spacial score (nSPS) is 14.2. The highest BCUT2D eigenvalue weighted by Crippen LogP contribution is 2.30. The van der Waals surface area contributed by atoms with E-state index in [9.17, 15) is 9.90 Å².